The van der Waals surface area contributed by atoms with Crippen molar-refractivity contribution in [1.29, 1.82) is 0 Å². The van der Waals surface area contributed by atoms with Crippen molar-refractivity contribution in [2.45, 2.75) is 19.4 Å². The van der Waals surface area contributed by atoms with Crippen molar-refractivity contribution >= 4 is 23.5 Å². The van der Waals surface area contributed by atoms with Gasteiger partial charge >= 0.3 is 5.97 Å². The maximum absolute atomic E-state index is 12.9. The lowest BCUT2D eigenvalue weighted by Gasteiger charge is -2.34. The molecule has 132 valence electrons. The van der Waals surface area contributed by atoms with Crippen LogP contribution in [0.3, 0.4) is 0 Å². The van der Waals surface area contributed by atoms with E-state index < -0.39 is 12.0 Å². The summed E-state index contributed by atoms with van der Waals surface area (Å²) in [5, 5.41) is 14.0. The Morgan fingerprint density at radius 2 is 2.08 bits per heavy atom. The molecule has 1 saturated heterocycles. The third-order valence-electron chi connectivity index (χ3n) is 4.21. The van der Waals surface area contributed by atoms with Crippen LogP contribution in [0.25, 0.3) is 5.69 Å². The molecule has 25 heavy (non-hydrogen) atoms. The van der Waals surface area contributed by atoms with Gasteiger partial charge in [-0.3, -0.25) is 9.59 Å². The summed E-state index contributed by atoms with van der Waals surface area (Å²) in [6.45, 7) is 2.79. The summed E-state index contributed by atoms with van der Waals surface area (Å²) in [5.41, 5.74) is 1.94. The Kier molecular flexibility index (Phi) is 5.06. The number of nitrogens with zero attached hydrogens (tertiary/aromatic N) is 3. The van der Waals surface area contributed by atoms with Crippen LogP contribution in [0.2, 0.25) is 5.02 Å². The number of hydrogen-bond donors (Lipinski definition) is 1. The zero-order chi connectivity index (χ0) is 18.0. The first-order valence-electron chi connectivity index (χ1n) is 7.88. The van der Waals surface area contributed by atoms with Crippen LogP contribution in [0.15, 0.2) is 30.5 Å². The summed E-state index contributed by atoms with van der Waals surface area (Å²) in [4.78, 5) is 25.5. The fourth-order valence-electron chi connectivity index (χ4n) is 2.91. The van der Waals surface area contributed by atoms with Crippen LogP contribution < -0.4 is 0 Å². The number of carboxylic acids is 1. The molecule has 1 unspecified atom stereocenters. The molecule has 0 radical (unpaired) electrons. The van der Waals surface area contributed by atoms with Crippen molar-refractivity contribution in [3.05, 3.63) is 46.7 Å². The van der Waals surface area contributed by atoms with Gasteiger partial charge in [-0.25, -0.2) is 4.68 Å². The third-order valence-corrected chi connectivity index (χ3v) is 4.46. The van der Waals surface area contributed by atoms with E-state index >= 15 is 0 Å². The number of carbonyl (C=O) groups excluding carboxylic acids is 1. The lowest BCUT2D eigenvalue weighted by Crippen LogP contribution is -2.49. The highest BCUT2D eigenvalue weighted by Gasteiger charge is 2.31. The van der Waals surface area contributed by atoms with Gasteiger partial charge in [-0.2, -0.15) is 5.10 Å². The molecule has 0 spiro atoms. The minimum atomic E-state index is -0.957. The molecule has 1 aliphatic heterocycles. The first-order chi connectivity index (χ1) is 12.0. The van der Waals surface area contributed by atoms with Crippen LogP contribution in [0, 0.1) is 6.92 Å². The molecule has 1 aliphatic rings. The zero-order valence-corrected chi connectivity index (χ0v) is 14.4. The number of amides is 1. The number of rotatable bonds is 4. The number of aromatic nitrogens is 2. The second-order valence-corrected chi connectivity index (χ2v) is 6.29. The van der Waals surface area contributed by atoms with Crippen molar-refractivity contribution in [2.75, 3.05) is 19.8 Å². The third kappa shape index (κ3) is 3.67. The molecule has 1 aromatic carbocycles. The summed E-state index contributed by atoms with van der Waals surface area (Å²) in [5.74, 6) is -1.19. The van der Waals surface area contributed by atoms with E-state index in [-0.39, 0.29) is 18.9 Å². The Balaban J connectivity index is 1.87. The average Bonchev–Trinajstić information content (AvgIpc) is 2.96. The van der Waals surface area contributed by atoms with E-state index in [1.165, 1.54) is 6.20 Å². The first-order valence-corrected chi connectivity index (χ1v) is 8.26. The number of halogens is 1. The number of ether oxygens (including phenoxy) is 1. The van der Waals surface area contributed by atoms with Crippen molar-refractivity contribution in [3.8, 4) is 5.69 Å². The molecule has 1 amide bonds. The van der Waals surface area contributed by atoms with Crippen LogP contribution in [0.4, 0.5) is 0 Å². The Labute approximate surface area is 149 Å². The molecule has 1 fully saturated rings. The maximum atomic E-state index is 12.9. The Morgan fingerprint density at radius 3 is 2.76 bits per heavy atom. The standard InChI is InChI=1S/C17H18ClN3O4/c1-11-15(9-19-21(11)13-4-2-12(18)3-5-13)17(24)20-6-7-25-10-14(20)8-16(22)23/h2-5,9,14H,6-8,10H2,1H3,(H,22,23). The van der Waals surface area contributed by atoms with E-state index in [1.807, 2.05) is 19.1 Å². The van der Waals surface area contributed by atoms with Crippen molar-refractivity contribution in [1.82, 2.24) is 14.7 Å². The number of aliphatic carboxylic acids is 1. The number of carbonyl (C=O) groups is 2. The van der Waals surface area contributed by atoms with E-state index in [2.05, 4.69) is 5.10 Å². The fraction of sp³-hybridized carbons (Fsp3) is 0.353. The predicted molar refractivity (Wildman–Crippen MR) is 91.2 cm³/mol. The van der Waals surface area contributed by atoms with Gasteiger partial charge in [0.25, 0.3) is 5.91 Å². The van der Waals surface area contributed by atoms with E-state index in [9.17, 15) is 9.59 Å². The molecular formula is C17H18ClN3O4. The quantitative estimate of drug-likeness (QED) is 0.899. The zero-order valence-electron chi connectivity index (χ0n) is 13.7. The van der Waals surface area contributed by atoms with Gasteiger partial charge in [0, 0.05) is 11.6 Å². The molecule has 1 N–H and O–H groups in total. The monoisotopic (exact) mass is 363 g/mol. The number of morpholine rings is 1. The van der Waals surface area contributed by atoms with Crippen LogP contribution in [0.1, 0.15) is 22.5 Å². The fourth-order valence-corrected chi connectivity index (χ4v) is 3.04. The van der Waals surface area contributed by atoms with Crippen molar-refractivity contribution in [3.63, 3.8) is 0 Å². The van der Waals surface area contributed by atoms with Gasteiger partial charge in [-0.05, 0) is 31.2 Å². The summed E-state index contributed by atoms with van der Waals surface area (Å²) >= 11 is 5.90. The lowest BCUT2D eigenvalue weighted by molar-refractivity contribution is -0.139. The molecule has 2 heterocycles. The molecule has 1 atom stereocenters. The topological polar surface area (TPSA) is 84.7 Å². The van der Waals surface area contributed by atoms with Gasteiger partial charge in [-0.1, -0.05) is 11.6 Å². The van der Waals surface area contributed by atoms with E-state index in [1.54, 1.807) is 21.7 Å². The van der Waals surface area contributed by atoms with Gasteiger partial charge in [0.1, 0.15) is 0 Å². The molecular weight excluding hydrogens is 346 g/mol. The number of benzene rings is 1. The lowest BCUT2D eigenvalue weighted by atomic mass is 10.1. The summed E-state index contributed by atoms with van der Waals surface area (Å²) in [6.07, 6.45) is 1.37. The molecule has 0 bridgehead atoms. The van der Waals surface area contributed by atoms with Gasteiger partial charge < -0.3 is 14.7 Å². The molecule has 0 saturated carbocycles. The molecule has 7 nitrogen and oxygen atoms in total. The Morgan fingerprint density at radius 1 is 1.36 bits per heavy atom. The smallest absolute Gasteiger partial charge is 0.305 e. The highest BCUT2D eigenvalue weighted by Crippen LogP contribution is 2.20. The highest BCUT2D eigenvalue weighted by molar-refractivity contribution is 6.30. The second-order valence-electron chi connectivity index (χ2n) is 5.86. The highest BCUT2D eigenvalue weighted by atomic mass is 35.5. The van der Waals surface area contributed by atoms with Crippen LogP contribution in [-0.2, 0) is 9.53 Å². The minimum absolute atomic E-state index is 0.143. The van der Waals surface area contributed by atoms with Gasteiger partial charge in [0.05, 0.1) is 48.8 Å². The number of hydrogen-bond acceptors (Lipinski definition) is 4. The average molecular weight is 364 g/mol. The molecule has 2 aromatic rings. The summed E-state index contributed by atoms with van der Waals surface area (Å²) in [6, 6.07) is 6.67. The largest absolute Gasteiger partial charge is 0.481 e. The SMILES string of the molecule is Cc1c(C(=O)N2CCOCC2CC(=O)O)cnn1-c1ccc(Cl)cc1. The maximum Gasteiger partial charge on any atom is 0.305 e. The van der Waals surface area contributed by atoms with Gasteiger partial charge in [0.2, 0.25) is 0 Å². The number of carboxylic acid groups (broad SMARTS) is 1. The van der Waals surface area contributed by atoms with Gasteiger partial charge in [-0.15, -0.1) is 0 Å². The van der Waals surface area contributed by atoms with Gasteiger partial charge in [0.15, 0.2) is 0 Å². The Bertz CT molecular complexity index is 788. The van der Waals surface area contributed by atoms with E-state index in [0.717, 1.165) is 5.69 Å². The Hall–Kier alpha value is -2.38. The first kappa shape index (κ1) is 17.4. The second kappa shape index (κ2) is 7.25. The molecule has 1 aromatic heterocycles. The van der Waals surface area contributed by atoms with E-state index in [0.29, 0.717) is 29.4 Å². The van der Waals surface area contributed by atoms with Crippen molar-refractivity contribution < 1.29 is 19.4 Å². The van der Waals surface area contributed by atoms with E-state index in [4.69, 9.17) is 21.4 Å². The summed E-state index contributed by atoms with van der Waals surface area (Å²) < 4.78 is 6.99. The molecule has 8 heteroatoms. The van der Waals surface area contributed by atoms with Crippen LogP contribution in [0.5, 0.6) is 0 Å². The molecule has 3 rings (SSSR count). The predicted octanol–water partition coefficient (Wildman–Crippen LogP) is 2.15. The van der Waals surface area contributed by atoms with Crippen LogP contribution >= 0.6 is 11.6 Å². The summed E-state index contributed by atoms with van der Waals surface area (Å²) in [7, 11) is 0. The molecule has 0 aliphatic carbocycles. The van der Waals surface area contributed by atoms with Crippen molar-refractivity contribution in [2.24, 2.45) is 0 Å². The minimum Gasteiger partial charge on any atom is -0.481 e. The normalized spacial score (nSPS) is 17.5. The van der Waals surface area contributed by atoms with Crippen LogP contribution in [-0.4, -0.2) is 57.5 Å².